The van der Waals surface area contributed by atoms with E-state index in [1.165, 1.54) is 37.5 Å². The van der Waals surface area contributed by atoms with Crippen molar-refractivity contribution in [3.8, 4) is 0 Å². The van der Waals surface area contributed by atoms with Crippen molar-refractivity contribution in [2.24, 2.45) is 22.1 Å². The maximum atomic E-state index is 12.7. The zero-order valence-corrected chi connectivity index (χ0v) is 27.6. The van der Waals surface area contributed by atoms with Crippen LogP contribution in [0.4, 0.5) is 22.2 Å². The summed E-state index contributed by atoms with van der Waals surface area (Å²) in [6, 6.07) is 11.3. The van der Waals surface area contributed by atoms with Gasteiger partial charge < -0.3 is 15.0 Å². The van der Waals surface area contributed by atoms with E-state index < -0.39 is 0 Å². The van der Waals surface area contributed by atoms with E-state index in [2.05, 4.69) is 60.0 Å². The summed E-state index contributed by atoms with van der Waals surface area (Å²) in [7, 11) is 0. The van der Waals surface area contributed by atoms with Gasteiger partial charge in [-0.15, -0.1) is 10.2 Å². The highest BCUT2D eigenvalue weighted by atomic mass is 32.1. The maximum Gasteiger partial charge on any atom is 0.338 e. The Labute approximate surface area is 261 Å². The topological polar surface area (TPSA) is 96.2 Å². The molecule has 2 aromatic carbocycles. The van der Waals surface area contributed by atoms with Gasteiger partial charge >= 0.3 is 5.97 Å². The molecular weight excluding hydrogens is 558 g/mol. The van der Waals surface area contributed by atoms with E-state index in [0.717, 1.165) is 61.1 Å². The largest absolute Gasteiger partial charge is 0.462 e. The average molecular weight is 608 g/mol. The van der Waals surface area contributed by atoms with Crippen LogP contribution < -0.4 is 10.2 Å². The van der Waals surface area contributed by atoms with Crippen LogP contribution in [0.25, 0.3) is 10.2 Å². The van der Waals surface area contributed by atoms with Crippen molar-refractivity contribution in [3.05, 3.63) is 42.0 Å². The fourth-order valence-corrected chi connectivity index (χ4v) is 5.92. The Bertz CT molecular complexity index is 1360. The highest BCUT2D eigenvalue weighted by molar-refractivity contribution is 7.21. The lowest BCUT2D eigenvalue weighted by atomic mass is 9.98. The van der Waals surface area contributed by atoms with Crippen molar-refractivity contribution < 1.29 is 14.3 Å². The summed E-state index contributed by atoms with van der Waals surface area (Å²) in [6.45, 7) is 14.8. The minimum absolute atomic E-state index is 0.166. The van der Waals surface area contributed by atoms with E-state index >= 15 is 0 Å². The molecule has 0 saturated heterocycles. The Kier molecular flexibility index (Phi) is 14.1. The number of esters is 1. The number of hydrogen-bond donors (Lipinski definition) is 1. The molecule has 0 aliphatic heterocycles. The molecule has 43 heavy (non-hydrogen) atoms. The Morgan fingerprint density at radius 1 is 0.953 bits per heavy atom. The summed E-state index contributed by atoms with van der Waals surface area (Å²) in [5.74, 6) is 0.541. The van der Waals surface area contributed by atoms with Crippen LogP contribution in [0.15, 0.2) is 46.6 Å². The number of unbranched alkanes of at least 4 members (excludes halogenated alkanes) is 2. The number of azo groups is 1. The van der Waals surface area contributed by atoms with E-state index in [0.29, 0.717) is 40.5 Å². The lowest BCUT2D eigenvalue weighted by Gasteiger charge is -2.28. The maximum absolute atomic E-state index is 12.7. The third-order valence-electron chi connectivity index (χ3n) is 7.91. The van der Waals surface area contributed by atoms with Crippen molar-refractivity contribution in [1.82, 2.24) is 4.98 Å². The summed E-state index contributed by atoms with van der Waals surface area (Å²) in [6.07, 6.45) is 9.16. The minimum atomic E-state index is -0.315. The minimum Gasteiger partial charge on any atom is -0.462 e. The summed E-state index contributed by atoms with van der Waals surface area (Å²) < 4.78 is 6.47. The number of aromatic nitrogens is 1. The molecule has 3 rings (SSSR count). The van der Waals surface area contributed by atoms with Crippen LogP contribution in [0, 0.1) is 11.8 Å². The second kappa shape index (κ2) is 17.7. The van der Waals surface area contributed by atoms with Gasteiger partial charge in [-0.1, -0.05) is 77.6 Å². The van der Waals surface area contributed by atoms with Crippen molar-refractivity contribution in [1.29, 1.82) is 0 Å². The second-order valence-electron chi connectivity index (χ2n) is 11.2. The zero-order valence-electron chi connectivity index (χ0n) is 26.8. The van der Waals surface area contributed by atoms with Crippen LogP contribution in [0.5, 0.6) is 0 Å². The molecule has 3 aromatic rings. The quantitative estimate of drug-likeness (QED) is 0.115. The zero-order chi connectivity index (χ0) is 31.2. The molecule has 1 aromatic heterocycles. The first-order chi connectivity index (χ1) is 20.8. The van der Waals surface area contributed by atoms with E-state index in [9.17, 15) is 9.59 Å². The number of carbonyl (C=O) groups excluding carboxylic acids is 2. The monoisotopic (exact) mass is 607 g/mol. The van der Waals surface area contributed by atoms with Crippen molar-refractivity contribution in [3.63, 3.8) is 0 Å². The first kappa shape index (κ1) is 34.2. The third kappa shape index (κ3) is 10.4. The first-order valence-corrected chi connectivity index (χ1v) is 16.8. The van der Waals surface area contributed by atoms with E-state index in [1.807, 2.05) is 30.3 Å². The highest BCUT2D eigenvalue weighted by Gasteiger charge is 2.16. The summed E-state index contributed by atoms with van der Waals surface area (Å²) in [5.41, 5.74) is 3.48. The van der Waals surface area contributed by atoms with Crippen LogP contribution in [0.2, 0.25) is 0 Å². The van der Waals surface area contributed by atoms with E-state index in [1.54, 1.807) is 6.07 Å². The smallest absolute Gasteiger partial charge is 0.338 e. The lowest BCUT2D eigenvalue weighted by Crippen LogP contribution is -2.29. The van der Waals surface area contributed by atoms with Gasteiger partial charge in [0.25, 0.3) is 0 Å². The molecule has 0 aliphatic rings. The number of fused-ring (bicyclic) bond motifs is 1. The molecule has 0 bridgehead atoms. The fourth-order valence-electron chi connectivity index (χ4n) is 5.10. The van der Waals surface area contributed by atoms with Gasteiger partial charge in [0, 0.05) is 25.7 Å². The number of hydrogen-bond acceptors (Lipinski definition) is 8. The van der Waals surface area contributed by atoms with Gasteiger partial charge in [0.15, 0.2) is 0 Å². The van der Waals surface area contributed by atoms with Crippen molar-refractivity contribution >= 4 is 55.6 Å². The number of benzene rings is 2. The van der Waals surface area contributed by atoms with E-state index in [4.69, 9.17) is 4.74 Å². The Hall–Kier alpha value is -3.33. The number of nitrogens with one attached hydrogen (secondary N) is 1. The molecular formula is C34H49N5O3S. The van der Waals surface area contributed by atoms with Crippen LogP contribution in [0.3, 0.4) is 0 Å². The molecule has 2 atom stereocenters. The Morgan fingerprint density at radius 2 is 1.67 bits per heavy atom. The highest BCUT2D eigenvalue weighted by Crippen LogP contribution is 2.35. The van der Waals surface area contributed by atoms with Crippen LogP contribution in [-0.2, 0) is 9.53 Å². The van der Waals surface area contributed by atoms with Gasteiger partial charge in [-0.05, 0) is 68.0 Å². The molecule has 234 valence electrons. The van der Waals surface area contributed by atoms with Gasteiger partial charge in [-0.25, -0.2) is 9.78 Å². The van der Waals surface area contributed by atoms with Crippen molar-refractivity contribution in [2.45, 2.75) is 92.9 Å². The van der Waals surface area contributed by atoms with Crippen LogP contribution in [-0.4, -0.2) is 36.6 Å². The SMILES string of the molecule is CCCCC(CC)COC(=O)c1ccc2nc(N=Nc3ccc(N(CC)CC(CC)CCCC)cc3NC(C)=O)sc2c1. The number of ether oxygens (including phenoxy) is 1. The van der Waals surface area contributed by atoms with Crippen LogP contribution in [0.1, 0.15) is 103 Å². The Balaban J connectivity index is 1.76. The standard InChI is InChI=1S/C34H49N5O3S/c1-7-12-14-25(9-3)22-39(11-5)28-17-19-29(31(21-28)35-24(6)40)37-38-34-36-30-18-16-27(20-32(30)43-34)33(41)42-23-26(10-4)15-13-8-2/h16-21,25-26H,7-15,22-23H2,1-6H3,(H,35,40). The van der Waals surface area contributed by atoms with Gasteiger partial charge in [-0.2, -0.15) is 0 Å². The number of carbonyl (C=O) groups is 2. The predicted molar refractivity (Wildman–Crippen MR) is 179 cm³/mol. The van der Waals surface area contributed by atoms with Gasteiger partial charge in [-0.3, -0.25) is 4.79 Å². The number of rotatable bonds is 18. The molecule has 0 radical (unpaired) electrons. The van der Waals surface area contributed by atoms with E-state index in [-0.39, 0.29) is 11.9 Å². The number of thiazole rings is 1. The normalized spacial score (nSPS) is 12.9. The number of nitrogens with zero attached hydrogens (tertiary/aromatic N) is 4. The predicted octanol–water partition coefficient (Wildman–Crippen LogP) is 10.1. The number of amides is 1. The molecule has 0 fully saturated rings. The second-order valence-corrected chi connectivity index (χ2v) is 12.2. The molecule has 1 heterocycles. The summed E-state index contributed by atoms with van der Waals surface area (Å²) in [5, 5.41) is 12.3. The van der Waals surface area contributed by atoms with Gasteiger partial charge in [0.1, 0.15) is 5.69 Å². The van der Waals surface area contributed by atoms with Crippen LogP contribution >= 0.6 is 11.3 Å². The van der Waals surface area contributed by atoms with Gasteiger partial charge in [0.05, 0.1) is 28.1 Å². The average Bonchev–Trinajstić information content (AvgIpc) is 3.42. The molecule has 1 amide bonds. The van der Waals surface area contributed by atoms with Crippen molar-refractivity contribution in [2.75, 3.05) is 29.9 Å². The molecule has 9 heteroatoms. The third-order valence-corrected chi connectivity index (χ3v) is 8.81. The molecule has 1 N–H and O–H groups in total. The molecule has 0 aliphatic carbocycles. The molecule has 0 saturated carbocycles. The lowest BCUT2D eigenvalue weighted by molar-refractivity contribution is -0.114. The summed E-state index contributed by atoms with van der Waals surface area (Å²) in [4.78, 5) is 31.7. The molecule has 2 unspecified atom stereocenters. The first-order valence-electron chi connectivity index (χ1n) is 16.0. The fraction of sp³-hybridized carbons (Fsp3) is 0.559. The summed E-state index contributed by atoms with van der Waals surface area (Å²) >= 11 is 1.36. The molecule has 8 nitrogen and oxygen atoms in total. The molecule has 0 spiro atoms. The Morgan fingerprint density at radius 3 is 2.33 bits per heavy atom. The van der Waals surface area contributed by atoms with Gasteiger partial charge in [0.2, 0.25) is 11.0 Å². The number of anilines is 2.